The first-order chi connectivity index (χ1) is 12.5. The molecule has 0 saturated carbocycles. The van der Waals surface area contributed by atoms with Crippen molar-refractivity contribution in [3.8, 4) is 0 Å². The van der Waals surface area contributed by atoms with Crippen molar-refractivity contribution in [2.45, 2.75) is 67.2 Å². The summed E-state index contributed by atoms with van der Waals surface area (Å²) in [6.07, 6.45) is 12.9. The molecule has 0 fully saturated rings. The minimum atomic E-state index is -0.0267. The maximum atomic E-state index is 10.4. The van der Waals surface area contributed by atoms with Gasteiger partial charge in [0.25, 0.3) is 0 Å². The standard InChI is InChI=1S/C17H31NO.C6H6N2/c1-7-16(3,4)12-9-10-14(18)15(19)13(11-12)17(5,6)8-2;7-5-3-1-2-4-6(5)8/h11-12,19H,7-10,18H2,1-6H3;1-4,7-8H. The third-order valence-electron chi connectivity index (χ3n) is 6.11. The van der Waals surface area contributed by atoms with E-state index in [1.54, 1.807) is 24.3 Å². The zero-order chi connectivity index (χ0) is 20.8. The normalized spacial score (nSPS) is 20.8. The van der Waals surface area contributed by atoms with Crippen molar-refractivity contribution in [2.75, 3.05) is 0 Å². The number of hydrogen-bond donors (Lipinski definition) is 4. The lowest BCUT2D eigenvalue weighted by Crippen LogP contribution is -2.23. The van der Waals surface area contributed by atoms with Crippen LogP contribution in [0, 0.1) is 27.6 Å². The summed E-state index contributed by atoms with van der Waals surface area (Å²) in [4.78, 5) is 0. The van der Waals surface area contributed by atoms with Gasteiger partial charge in [-0.2, -0.15) is 0 Å². The molecule has 2 aliphatic carbocycles. The summed E-state index contributed by atoms with van der Waals surface area (Å²) in [7, 11) is 0. The molecule has 0 aliphatic heterocycles. The number of allylic oxidation sites excluding steroid dienone is 7. The molecule has 0 amide bonds. The molecular formula is C23H37N3O. The van der Waals surface area contributed by atoms with Gasteiger partial charge in [0, 0.05) is 0 Å². The Morgan fingerprint density at radius 1 is 1.04 bits per heavy atom. The summed E-state index contributed by atoms with van der Waals surface area (Å²) in [5.41, 5.74) is 8.54. The predicted molar refractivity (Wildman–Crippen MR) is 117 cm³/mol. The molecule has 27 heavy (non-hydrogen) atoms. The van der Waals surface area contributed by atoms with Gasteiger partial charge in [-0.3, -0.25) is 10.8 Å². The minimum Gasteiger partial charge on any atom is -0.506 e. The van der Waals surface area contributed by atoms with E-state index in [-0.39, 0.29) is 22.3 Å². The van der Waals surface area contributed by atoms with Gasteiger partial charge < -0.3 is 10.8 Å². The van der Waals surface area contributed by atoms with Gasteiger partial charge in [0.2, 0.25) is 0 Å². The van der Waals surface area contributed by atoms with Crippen molar-refractivity contribution in [3.05, 3.63) is 47.4 Å². The first kappa shape index (κ1) is 22.9. The fraction of sp³-hybridized carbons (Fsp3) is 0.565. The first-order valence-electron chi connectivity index (χ1n) is 9.88. The second-order valence-electron chi connectivity index (χ2n) is 8.72. The number of nitrogens with one attached hydrogen (secondary N) is 2. The van der Waals surface area contributed by atoms with Crippen LogP contribution in [0.3, 0.4) is 0 Å². The number of aliphatic hydroxyl groups is 1. The Hall–Kier alpha value is -2.10. The van der Waals surface area contributed by atoms with Gasteiger partial charge in [0.1, 0.15) is 5.76 Å². The Kier molecular flexibility index (Phi) is 7.82. The van der Waals surface area contributed by atoms with Gasteiger partial charge in [-0.05, 0) is 53.7 Å². The zero-order valence-corrected chi connectivity index (χ0v) is 17.8. The number of aliphatic hydroxyl groups excluding tert-OH is 1. The third kappa shape index (κ3) is 5.95. The molecule has 0 aromatic rings. The second-order valence-corrected chi connectivity index (χ2v) is 8.72. The van der Waals surface area contributed by atoms with Crippen LogP contribution >= 0.6 is 0 Å². The molecule has 150 valence electrons. The lowest BCUT2D eigenvalue weighted by Gasteiger charge is -2.33. The molecule has 4 heteroatoms. The molecule has 2 rings (SSSR count). The number of hydrogen-bond acceptors (Lipinski definition) is 4. The molecular weight excluding hydrogens is 334 g/mol. The van der Waals surface area contributed by atoms with E-state index in [4.69, 9.17) is 16.6 Å². The molecule has 0 radical (unpaired) electrons. The van der Waals surface area contributed by atoms with Gasteiger partial charge in [-0.1, -0.05) is 66.2 Å². The van der Waals surface area contributed by atoms with Crippen LogP contribution in [-0.2, 0) is 0 Å². The maximum Gasteiger partial charge on any atom is 0.137 e. The van der Waals surface area contributed by atoms with E-state index in [1.165, 1.54) is 0 Å². The highest BCUT2D eigenvalue weighted by atomic mass is 16.3. The Bertz CT molecular complexity index is 668. The van der Waals surface area contributed by atoms with Gasteiger partial charge >= 0.3 is 0 Å². The first-order valence-corrected chi connectivity index (χ1v) is 9.88. The average Bonchev–Trinajstić information content (AvgIpc) is 2.78. The summed E-state index contributed by atoms with van der Waals surface area (Å²) in [6, 6.07) is 0. The Labute approximate surface area is 165 Å². The lowest BCUT2D eigenvalue weighted by atomic mass is 9.72. The van der Waals surface area contributed by atoms with E-state index >= 15 is 0 Å². The van der Waals surface area contributed by atoms with Crippen LogP contribution in [0.15, 0.2) is 47.4 Å². The van der Waals surface area contributed by atoms with E-state index in [0.717, 1.165) is 31.3 Å². The summed E-state index contributed by atoms with van der Waals surface area (Å²) in [6.45, 7) is 13.4. The topological polar surface area (TPSA) is 93.9 Å². The van der Waals surface area contributed by atoms with Crippen LogP contribution in [-0.4, -0.2) is 16.5 Å². The quantitative estimate of drug-likeness (QED) is 0.451. The van der Waals surface area contributed by atoms with Gasteiger partial charge in [-0.15, -0.1) is 0 Å². The van der Waals surface area contributed by atoms with Crippen LogP contribution < -0.4 is 5.73 Å². The molecule has 0 aromatic heterocycles. The van der Waals surface area contributed by atoms with E-state index in [9.17, 15) is 5.11 Å². The molecule has 2 aliphatic rings. The lowest BCUT2D eigenvalue weighted by molar-refractivity contribution is 0.234. The molecule has 1 atom stereocenters. The Morgan fingerprint density at radius 3 is 1.96 bits per heavy atom. The van der Waals surface area contributed by atoms with Crippen molar-refractivity contribution in [2.24, 2.45) is 22.5 Å². The van der Waals surface area contributed by atoms with Crippen molar-refractivity contribution in [1.82, 2.24) is 0 Å². The predicted octanol–water partition coefficient (Wildman–Crippen LogP) is 6.08. The highest BCUT2D eigenvalue weighted by Crippen LogP contribution is 2.43. The molecule has 0 aromatic carbocycles. The van der Waals surface area contributed by atoms with Gasteiger partial charge in [0.15, 0.2) is 0 Å². The van der Waals surface area contributed by atoms with Crippen molar-refractivity contribution >= 4 is 11.4 Å². The summed E-state index contributed by atoms with van der Waals surface area (Å²) in [5, 5.41) is 24.5. The minimum absolute atomic E-state index is 0.0267. The third-order valence-corrected chi connectivity index (χ3v) is 6.11. The fourth-order valence-electron chi connectivity index (χ4n) is 3.06. The van der Waals surface area contributed by atoms with Crippen LogP contribution in [0.2, 0.25) is 0 Å². The number of rotatable bonds is 4. The second kappa shape index (κ2) is 9.20. The van der Waals surface area contributed by atoms with E-state index in [2.05, 4.69) is 47.6 Å². The zero-order valence-electron chi connectivity index (χ0n) is 17.8. The SMILES string of the molecule is CCC(C)(C)C1=CC(C(C)(C)CC)CCC(N)=C1O.N=C1C=CC=CC1=N. The molecule has 4 nitrogen and oxygen atoms in total. The van der Waals surface area contributed by atoms with Crippen molar-refractivity contribution in [3.63, 3.8) is 0 Å². The Morgan fingerprint density at radius 2 is 1.56 bits per heavy atom. The van der Waals surface area contributed by atoms with Gasteiger partial charge in [-0.25, -0.2) is 0 Å². The molecule has 0 spiro atoms. The molecule has 0 bridgehead atoms. The fourth-order valence-corrected chi connectivity index (χ4v) is 3.06. The van der Waals surface area contributed by atoms with Crippen LogP contribution in [0.1, 0.15) is 67.2 Å². The highest BCUT2D eigenvalue weighted by Gasteiger charge is 2.33. The number of nitrogens with two attached hydrogens (primary N) is 1. The van der Waals surface area contributed by atoms with Crippen molar-refractivity contribution in [1.29, 1.82) is 10.8 Å². The molecule has 5 N–H and O–H groups in total. The van der Waals surface area contributed by atoms with E-state index < -0.39 is 0 Å². The molecule has 0 heterocycles. The molecule has 1 unspecified atom stereocenters. The molecule has 0 saturated heterocycles. The van der Waals surface area contributed by atoms with Gasteiger partial charge in [0.05, 0.1) is 17.1 Å². The van der Waals surface area contributed by atoms with E-state index in [1.807, 2.05) is 0 Å². The van der Waals surface area contributed by atoms with Crippen LogP contribution in [0.4, 0.5) is 0 Å². The Balaban J connectivity index is 0.000000377. The van der Waals surface area contributed by atoms with Crippen LogP contribution in [0.25, 0.3) is 0 Å². The monoisotopic (exact) mass is 371 g/mol. The summed E-state index contributed by atoms with van der Waals surface area (Å²) < 4.78 is 0. The summed E-state index contributed by atoms with van der Waals surface area (Å²) in [5.74, 6) is 0.808. The largest absolute Gasteiger partial charge is 0.506 e. The smallest absolute Gasteiger partial charge is 0.137 e. The summed E-state index contributed by atoms with van der Waals surface area (Å²) >= 11 is 0. The maximum absolute atomic E-state index is 10.4. The van der Waals surface area contributed by atoms with E-state index in [0.29, 0.717) is 17.4 Å². The average molecular weight is 372 g/mol. The van der Waals surface area contributed by atoms with Crippen molar-refractivity contribution < 1.29 is 5.11 Å². The van der Waals surface area contributed by atoms with Crippen LogP contribution in [0.5, 0.6) is 0 Å². The highest BCUT2D eigenvalue weighted by molar-refractivity contribution is 6.48.